The topological polar surface area (TPSA) is 81.7 Å². The van der Waals surface area contributed by atoms with Crippen molar-refractivity contribution in [2.24, 2.45) is 0 Å². The number of esters is 2. The summed E-state index contributed by atoms with van der Waals surface area (Å²) in [6.45, 7) is 1.59. The average Bonchev–Trinajstić information content (AvgIpc) is 3.18. The highest BCUT2D eigenvalue weighted by molar-refractivity contribution is 7.22. The first kappa shape index (κ1) is 19.3. The third kappa shape index (κ3) is 3.43. The van der Waals surface area contributed by atoms with Gasteiger partial charge in [0.2, 0.25) is 0 Å². The van der Waals surface area contributed by atoms with Crippen molar-refractivity contribution in [3.8, 4) is 0 Å². The van der Waals surface area contributed by atoms with Crippen LogP contribution in [0.2, 0.25) is 5.02 Å². The highest BCUT2D eigenvalue weighted by Crippen LogP contribution is 2.38. The number of carbonyl (C=O) groups excluding carboxylic acids is 3. The van der Waals surface area contributed by atoms with Gasteiger partial charge in [0.15, 0.2) is 0 Å². The molecule has 3 aromatic rings. The van der Waals surface area contributed by atoms with Gasteiger partial charge in [0.05, 0.1) is 24.8 Å². The predicted molar refractivity (Wildman–Crippen MR) is 107 cm³/mol. The fourth-order valence-corrected chi connectivity index (χ4v) is 5.08. The molecule has 1 aromatic carbocycles. The fourth-order valence-electron chi connectivity index (χ4n) is 2.56. The molecule has 2 heterocycles. The van der Waals surface area contributed by atoms with Gasteiger partial charge >= 0.3 is 11.9 Å². The van der Waals surface area contributed by atoms with Crippen LogP contribution in [0.3, 0.4) is 0 Å². The maximum atomic E-state index is 12.8. The number of methoxy groups -OCH3 is 2. The van der Waals surface area contributed by atoms with E-state index in [2.05, 4.69) is 5.32 Å². The van der Waals surface area contributed by atoms with Gasteiger partial charge in [-0.2, -0.15) is 0 Å². The number of hydrogen-bond donors (Lipinski definition) is 1. The Morgan fingerprint density at radius 2 is 1.67 bits per heavy atom. The summed E-state index contributed by atoms with van der Waals surface area (Å²) in [5.41, 5.74) is 0.505. The van der Waals surface area contributed by atoms with E-state index in [0.29, 0.717) is 15.5 Å². The zero-order chi connectivity index (χ0) is 19.7. The minimum Gasteiger partial charge on any atom is -0.465 e. The van der Waals surface area contributed by atoms with Crippen molar-refractivity contribution in [1.82, 2.24) is 0 Å². The van der Waals surface area contributed by atoms with E-state index in [0.717, 1.165) is 21.4 Å². The van der Waals surface area contributed by atoms with Gasteiger partial charge in [-0.05, 0) is 18.6 Å². The molecule has 0 radical (unpaired) electrons. The number of rotatable bonds is 4. The van der Waals surface area contributed by atoms with Gasteiger partial charge in [0.1, 0.15) is 14.8 Å². The number of hydrogen-bond acceptors (Lipinski definition) is 7. The highest BCUT2D eigenvalue weighted by Gasteiger charge is 2.28. The molecule has 140 valence electrons. The summed E-state index contributed by atoms with van der Waals surface area (Å²) in [6.07, 6.45) is 0. The number of nitrogens with one attached hydrogen (secondary N) is 1. The Morgan fingerprint density at radius 3 is 2.30 bits per heavy atom. The molecule has 27 heavy (non-hydrogen) atoms. The molecule has 1 amide bonds. The minimum atomic E-state index is -0.656. The van der Waals surface area contributed by atoms with Crippen LogP contribution in [0.1, 0.15) is 35.3 Å². The van der Waals surface area contributed by atoms with Gasteiger partial charge in [-0.25, -0.2) is 9.59 Å². The van der Waals surface area contributed by atoms with Gasteiger partial charge in [-0.1, -0.05) is 29.8 Å². The molecule has 2 aromatic heterocycles. The van der Waals surface area contributed by atoms with E-state index >= 15 is 0 Å². The average molecular weight is 424 g/mol. The quantitative estimate of drug-likeness (QED) is 0.612. The summed E-state index contributed by atoms with van der Waals surface area (Å²) in [7, 11) is 2.47. The number of benzene rings is 1. The number of halogens is 1. The molecule has 0 bridgehead atoms. The highest BCUT2D eigenvalue weighted by atomic mass is 35.5. The number of amides is 1. The van der Waals surface area contributed by atoms with Crippen molar-refractivity contribution >= 4 is 67.2 Å². The van der Waals surface area contributed by atoms with Gasteiger partial charge in [-0.15, -0.1) is 22.7 Å². The first-order chi connectivity index (χ1) is 12.9. The third-order valence-electron chi connectivity index (χ3n) is 3.88. The molecular weight excluding hydrogens is 410 g/mol. The van der Waals surface area contributed by atoms with Crippen LogP contribution in [0.15, 0.2) is 24.3 Å². The van der Waals surface area contributed by atoms with E-state index in [-0.39, 0.29) is 15.4 Å². The maximum Gasteiger partial charge on any atom is 0.348 e. The van der Waals surface area contributed by atoms with Gasteiger partial charge < -0.3 is 14.8 Å². The first-order valence-electron chi connectivity index (χ1n) is 7.67. The van der Waals surface area contributed by atoms with Crippen LogP contribution >= 0.6 is 34.3 Å². The Labute approximate surface area is 167 Å². The zero-order valence-electron chi connectivity index (χ0n) is 14.5. The van der Waals surface area contributed by atoms with E-state index in [1.54, 1.807) is 6.92 Å². The van der Waals surface area contributed by atoms with Crippen LogP contribution in [-0.4, -0.2) is 32.1 Å². The minimum absolute atomic E-state index is 0.119. The summed E-state index contributed by atoms with van der Waals surface area (Å²) >= 11 is 8.54. The van der Waals surface area contributed by atoms with E-state index in [1.807, 2.05) is 24.3 Å². The van der Waals surface area contributed by atoms with E-state index < -0.39 is 17.8 Å². The summed E-state index contributed by atoms with van der Waals surface area (Å²) in [5.74, 6) is -1.72. The van der Waals surface area contributed by atoms with Crippen LogP contribution < -0.4 is 5.32 Å². The van der Waals surface area contributed by atoms with Crippen molar-refractivity contribution in [3.63, 3.8) is 0 Å². The number of thiophene rings is 2. The molecule has 1 N–H and O–H groups in total. The smallest absolute Gasteiger partial charge is 0.348 e. The Bertz CT molecular complexity index is 1070. The van der Waals surface area contributed by atoms with Crippen LogP contribution in [-0.2, 0) is 9.47 Å². The molecule has 0 unspecified atom stereocenters. The number of anilines is 1. The van der Waals surface area contributed by atoms with Crippen molar-refractivity contribution in [2.75, 3.05) is 19.5 Å². The monoisotopic (exact) mass is 423 g/mol. The normalized spacial score (nSPS) is 10.7. The molecule has 0 aliphatic heterocycles. The summed E-state index contributed by atoms with van der Waals surface area (Å²) in [4.78, 5) is 37.4. The Kier molecular flexibility index (Phi) is 5.50. The lowest BCUT2D eigenvalue weighted by Gasteiger charge is -2.05. The lowest BCUT2D eigenvalue weighted by atomic mass is 10.1. The molecule has 6 nitrogen and oxygen atoms in total. The predicted octanol–water partition coefficient (Wildman–Crippen LogP) is 4.75. The fraction of sp³-hybridized carbons (Fsp3) is 0.167. The summed E-state index contributed by atoms with van der Waals surface area (Å²) < 4.78 is 10.4. The third-order valence-corrected chi connectivity index (χ3v) is 6.74. The molecule has 0 fully saturated rings. The van der Waals surface area contributed by atoms with Crippen molar-refractivity contribution in [3.05, 3.63) is 50.2 Å². The van der Waals surface area contributed by atoms with Gasteiger partial charge in [0.25, 0.3) is 5.91 Å². The largest absolute Gasteiger partial charge is 0.465 e. The van der Waals surface area contributed by atoms with Gasteiger partial charge in [-0.3, -0.25) is 4.79 Å². The molecule has 0 aliphatic carbocycles. The van der Waals surface area contributed by atoms with Crippen molar-refractivity contribution in [2.45, 2.75) is 6.92 Å². The first-order valence-corrected chi connectivity index (χ1v) is 9.68. The van der Waals surface area contributed by atoms with Crippen molar-refractivity contribution < 1.29 is 23.9 Å². The second kappa shape index (κ2) is 7.67. The number of carbonyl (C=O) groups is 3. The van der Waals surface area contributed by atoms with Crippen molar-refractivity contribution in [1.29, 1.82) is 0 Å². The summed E-state index contributed by atoms with van der Waals surface area (Å²) in [6, 6.07) is 7.39. The second-order valence-electron chi connectivity index (χ2n) is 5.44. The second-order valence-corrected chi connectivity index (χ2v) is 7.89. The Morgan fingerprint density at radius 1 is 1.00 bits per heavy atom. The lowest BCUT2D eigenvalue weighted by Crippen LogP contribution is -2.13. The van der Waals surface area contributed by atoms with Crippen LogP contribution in [0.5, 0.6) is 0 Å². The summed E-state index contributed by atoms with van der Waals surface area (Å²) in [5, 5.41) is 4.01. The Hall–Kier alpha value is -2.42. The molecule has 0 saturated heterocycles. The lowest BCUT2D eigenvalue weighted by molar-refractivity contribution is 0.0601. The van der Waals surface area contributed by atoms with Crippen LogP contribution in [0.25, 0.3) is 10.1 Å². The van der Waals surface area contributed by atoms with Crippen LogP contribution in [0.4, 0.5) is 5.00 Å². The van der Waals surface area contributed by atoms with E-state index in [4.69, 9.17) is 21.1 Å². The molecular formula is C18H14ClNO5S2. The van der Waals surface area contributed by atoms with Gasteiger partial charge in [0, 0.05) is 10.1 Å². The number of fused-ring (bicyclic) bond motifs is 1. The molecule has 0 saturated carbocycles. The van der Waals surface area contributed by atoms with Crippen LogP contribution in [0, 0.1) is 6.92 Å². The standard InChI is InChI=1S/C18H14ClNO5S2/c1-8-11(17(22)24-2)16(27-13(8)18(23)25-3)20-15(21)14-12(19)9-6-4-5-7-10(9)26-14/h4-7H,1-3H3,(H,20,21). The van der Waals surface area contributed by atoms with E-state index in [1.165, 1.54) is 25.6 Å². The molecule has 0 aliphatic rings. The number of ether oxygens (including phenoxy) is 2. The zero-order valence-corrected chi connectivity index (χ0v) is 16.9. The SMILES string of the molecule is COC(=O)c1sc(NC(=O)c2sc3ccccc3c2Cl)c(C(=O)OC)c1C. The molecule has 9 heteroatoms. The van der Waals surface area contributed by atoms with E-state index in [9.17, 15) is 14.4 Å². The Balaban J connectivity index is 2.03. The molecule has 3 rings (SSSR count). The molecule has 0 atom stereocenters. The molecule has 0 spiro atoms. The maximum absolute atomic E-state index is 12.8.